The first-order valence-electron chi connectivity index (χ1n) is 3.77. The van der Waals surface area contributed by atoms with Gasteiger partial charge >= 0.3 is 5.97 Å². The lowest BCUT2D eigenvalue weighted by molar-refractivity contribution is -0.131. The fraction of sp³-hybridized carbons (Fsp3) is 0.100. The summed E-state index contributed by atoms with van der Waals surface area (Å²) in [6.07, 6.45) is 2.16. The lowest BCUT2D eigenvalue weighted by Gasteiger charge is -1.98. The van der Waals surface area contributed by atoms with Crippen molar-refractivity contribution in [2.24, 2.45) is 0 Å². The van der Waals surface area contributed by atoms with Crippen LogP contribution in [0.5, 0.6) is 0 Å². The van der Waals surface area contributed by atoms with Gasteiger partial charge in [-0.05, 0) is 18.6 Å². The molecule has 68 valence electrons. The minimum Gasteiger partial charge on any atom is -0.478 e. The van der Waals surface area contributed by atoms with Crippen LogP contribution < -0.4 is 0 Å². The first-order chi connectivity index (χ1) is 6.11. The molecule has 1 N–H and O–H groups in total. The average Bonchev–Trinajstić information content (AvgIpc) is 2.07. The number of hydrogen-bond donors (Lipinski definition) is 1. The Morgan fingerprint density at radius 2 is 2.23 bits per heavy atom. The van der Waals surface area contributed by atoms with Crippen LogP contribution >= 0.6 is 0 Å². The van der Waals surface area contributed by atoms with Gasteiger partial charge in [0.05, 0.1) is 0 Å². The molecule has 0 atom stereocenters. The normalized spacial score (nSPS) is 10.6. The first-order valence-corrected chi connectivity index (χ1v) is 3.77. The van der Waals surface area contributed by atoms with Crippen molar-refractivity contribution in [2.75, 3.05) is 0 Å². The molecule has 1 aromatic rings. The second kappa shape index (κ2) is 3.85. The van der Waals surface area contributed by atoms with Gasteiger partial charge in [0.1, 0.15) is 5.82 Å². The molecule has 0 amide bonds. The topological polar surface area (TPSA) is 37.3 Å². The number of benzene rings is 1. The molecule has 0 aliphatic carbocycles. The Hall–Kier alpha value is -1.64. The van der Waals surface area contributed by atoms with E-state index in [1.165, 1.54) is 12.1 Å². The summed E-state index contributed by atoms with van der Waals surface area (Å²) in [6, 6.07) is 4.84. The number of aliphatic carboxylic acids is 1. The molecule has 0 spiro atoms. The summed E-state index contributed by atoms with van der Waals surface area (Å²) in [5, 5.41) is 8.33. The molecule has 0 radical (unpaired) electrons. The highest BCUT2D eigenvalue weighted by atomic mass is 19.1. The van der Waals surface area contributed by atoms with Crippen LogP contribution in [0.25, 0.3) is 6.08 Å². The summed E-state index contributed by atoms with van der Waals surface area (Å²) in [7, 11) is 0. The van der Waals surface area contributed by atoms with Crippen LogP contribution in [0, 0.1) is 12.7 Å². The molecule has 3 heteroatoms. The molecule has 0 bridgehead atoms. The van der Waals surface area contributed by atoms with Crippen molar-refractivity contribution >= 4 is 12.0 Å². The van der Waals surface area contributed by atoms with Gasteiger partial charge in [0.2, 0.25) is 0 Å². The van der Waals surface area contributed by atoms with Gasteiger partial charge in [0.15, 0.2) is 0 Å². The summed E-state index contributed by atoms with van der Waals surface area (Å²) in [5.41, 5.74) is 0.801. The zero-order valence-electron chi connectivity index (χ0n) is 7.12. The van der Waals surface area contributed by atoms with E-state index >= 15 is 0 Å². The third kappa shape index (κ3) is 2.40. The number of hydrogen-bond acceptors (Lipinski definition) is 1. The Morgan fingerprint density at radius 3 is 2.85 bits per heavy atom. The zero-order valence-corrected chi connectivity index (χ0v) is 7.12. The third-order valence-corrected chi connectivity index (χ3v) is 1.63. The van der Waals surface area contributed by atoms with E-state index in [9.17, 15) is 9.18 Å². The maximum Gasteiger partial charge on any atom is 0.328 e. The second-order valence-corrected chi connectivity index (χ2v) is 2.65. The van der Waals surface area contributed by atoms with Gasteiger partial charge < -0.3 is 5.11 Å². The standard InChI is InChI=1S/C10H9FO2/c1-7-3-2-4-8(10(7)11)5-6-9(12)13/h2-6H,1H3,(H,12,13). The molecule has 13 heavy (non-hydrogen) atoms. The lowest BCUT2D eigenvalue weighted by atomic mass is 10.1. The predicted molar refractivity (Wildman–Crippen MR) is 47.8 cm³/mol. The van der Waals surface area contributed by atoms with Crippen LogP contribution in [0.2, 0.25) is 0 Å². The Labute approximate surface area is 75.3 Å². The molecule has 0 aliphatic rings. The van der Waals surface area contributed by atoms with Gasteiger partial charge in [0.25, 0.3) is 0 Å². The molecule has 0 saturated carbocycles. The molecule has 0 aromatic heterocycles. The van der Waals surface area contributed by atoms with Gasteiger partial charge in [-0.15, -0.1) is 0 Å². The summed E-state index contributed by atoms with van der Waals surface area (Å²) in [5.74, 6) is -1.46. The second-order valence-electron chi connectivity index (χ2n) is 2.65. The monoisotopic (exact) mass is 180 g/mol. The van der Waals surface area contributed by atoms with E-state index in [-0.39, 0.29) is 5.82 Å². The van der Waals surface area contributed by atoms with E-state index in [1.807, 2.05) is 0 Å². The van der Waals surface area contributed by atoms with E-state index in [0.717, 1.165) is 6.08 Å². The van der Waals surface area contributed by atoms with Crippen molar-refractivity contribution in [1.29, 1.82) is 0 Å². The molecule has 2 nitrogen and oxygen atoms in total. The van der Waals surface area contributed by atoms with Crippen LogP contribution in [-0.2, 0) is 4.79 Å². The number of halogens is 1. The third-order valence-electron chi connectivity index (χ3n) is 1.63. The fourth-order valence-corrected chi connectivity index (χ4v) is 0.960. The van der Waals surface area contributed by atoms with E-state index in [0.29, 0.717) is 11.1 Å². The van der Waals surface area contributed by atoms with Crippen LogP contribution in [0.15, 0.2) is 24.3 Å². The summed E-state index contributed by atoms with van der Waals surface area (Å²) in [6.45, 7) is 1.63. The molecule has 0 unspecified atom stereocenters. The smallest absolute Gasteiger partial charge is 0.328 e. The first kappa shape index (κ1) is 9.45. The Bertz CT molecular complexity index is 356. The van der Waals surface area contributed by atoms with Crippen molar-refractivity contribution in [3.05, 3.63) is 41.2 Å². The molecule has 1 aromatic carbocycles. The molecule has 1 rings (SSSR count). The Morgan fingerprint density at radius 1 is 1.54 bits per heavy atom. The quantitative estimate of drug-likeness (QED) is 0.708. The van der Waals surface area contributed by atoms with Crippen LogP contribution in [-0.4, -0.2) is 11.1 Å². The highest BCUT2D eigenvalue weighted by Crippen LogP contribution is 2.12. The molecule has 0 saturated heterocycles. The van der Waals surface area contributed by atoms with E-state index in [4.69, 9.17) is 5.11 Å². The molecule has 0 aliphatic heterocycles. The minimum absolute atomic E-state index is 0.294. The maximum absolute atomic E-state index is 13.2. The van der Waals surface area contributed by atoms with Gasteiger partial charge in [-0.25, -0.2) is 9.18 Å². The SMILES string of the molecule is Cc1cccc(C=CC(=O)O)c1F. The van der Waals surface area contributed by atoms with Gasteiger partial charge in [-0.2, -0.15) is 0 Å². The van der Waals surface area contributed by atoms with E-state index in [2.05, 4.69) is 0 Å². The average molecular weight is 180 g/mol. The number of carboxylic acids is 1. The number of aryl methyl sites for hydroxylation is 1. The van der Waals surface area contributed by atoms with Crippen molar-refractivity contribution in [3.63, 3.8) is 0 Å². The summed E-state index contributed by atoms with van der Waals surface area (Å²) < 4.78 is 13.2. The number of carboxylic acid groups (broad SMARTS) is 1. The van der Waals surface area contributed by atoms with E-state index in [1.54, 1.807) is 19.1 Å². The van der Waals surface area contributed by atoms with Crippen LogP contribution in [0.4, 0.5) is 4.39 Å². The van der Waals surface area contributed by atoms with Gasteiger partial charge in [-0.3, -0.25) is 0 Å². The van der Waals surface area contributed by atoms with Gasteiger partial charge in [0, 0.05) is 11.6 Å². The van der Waals surface area contributed by atoms with Crippen LogP contribution in [0.3, 0.4) is 0 Å². The number of carbonyl (C=O) groups is 1. The number of rotatable bonds is 2. The fourth-order valence-electron chi connectivity index (χ4n) is 0.960. The predicted octanol–water partition coefficient (Wildman–Crippen LogP) is 2.23. The zero-order chi connectivity index (χ0) is 9.84. The van der Waals surface area contributed by atoms with Crippen molar-refractivity contribution < 1.29 is 14.3 Å². The Kier molecular flexibility index (Phi) is 2.80. The highest BCUT2D eigenvalue weighted by Gasteiger charge is 2.00. The molecule has 0 fully saturated rings. The van der Waals surface area contributed by atoms with Crippen molar-refractivity contribution in [2.45, 2.75) is 6.92 Å². The summed E-state index contributed by atoms with van der Waals surface area (Å²) >= 11 is 0. The molecular weight excluding hydrogens is 171 g/mol. The van der Waals surface area contributed by atoms with Crippen LogP contribution in [0.1, 0.15) is 11.1 Å². The highest BCUT2D eigenvalue weighted by molar-refractivity contribution is 5.85. The van der Waals surface area contributed by atoms with Crippen molar-refractivity contribution in [3.8, 4) is 0 Å². The van der Waals surface area contributed by atoms with Gasteiger partial charge in [-0.1, -0.05) is 18.2 Å². The maximum atomic E-state index is 13.2. The molecule has 0 heterocycles. The van der Waals surface area contributed by atoms with E-state index < -0.39 is 5.97 Å². The Balaban J connectivity index is 3.02. The largest absolute Gasteiger partial charge is 0.478 e. The lowest BCUT2D eigenvalue weighted by Crippen LogP contribution is -1.89. The minimum atomic E-state index is -1.08. The molecular formula is C10H9FO2. The van der Waals surface area contributed by atoms with Crippen molar-refractivity contribution in [1.82, 2.24) is 0 Å². The summed E-state index contributed by atoms with van der Waals surface area (Å²) in [4.78, 5) is 10.2.